The zero-order valence-electron chi connectivity index (χ0n) is 10.6. The van der Waals surface area contributed by atoms with E-state index in [0.717, 1.165) is 12.2 Å². The molecular weight excluding hydrogens is 230 g/mol. The van der Waals surface area contributed by atoms with Gasteiger partial charge in [-0.3, -0.25) is 14.6 Å². The van der Waals surface area contributed by atoms with Gasteiger partial charge in [-0.2, -0.15) is 0 Å². The van der Waals surface area contributed by atoms with Gasteiger partial charge >= 0.3 is 0 Å². The monoisotopic (exact) mass is 247 g/mol. The molecule has 18 heavy (non-hydrogen) atoms. The van der Waals surface area contributed by atoms with Gasteiger partial charge in [0.05, 0.1) is 11.9 Å². The molecular formula is C13H17N3O2. The van der Waals surface area contributed by atoms with E-state index in [1.54, 1.807) is 12.3 Å². The number of ketones is 1. The van der Waals surface area contributed by atoms with Crippen LogP contribution in [-0.4, -0.2) is 35.8 Å². The number of hydrogen-bond acceptors (Lipinski definition) is 4. The van der Waals surface area contributed by atoms with Crippen LogP contribution >= 0.6 is 0 Å². The molecule has 1 aliphatic heterocycles. The molecule has 2 rings (SSSR count). The number of anilines is 1. The Morgan fingerprint density at radius 1 is 1.56 bits per heavy atom. The minimum atomic E-state index is -0.201. The molecule has 1 aliphatic rings. The van der Waals surface area contributed by atoms with Crippen LogP contribution in [0, 0.1) is 0 Å². The summed E-state index contributed by atoms with van der Waals surface area (Å²) in [6.07, 6.45) is 2.12. The van der Waals surface area contributed by atoms with E-state index in [1.807, 2.05) is 24.8 Å². The lowest BCUT2D eigenvalue weighted by atomic mass is 10.1. The summed E-state index contributed by atoms with van der Waals surface area (Å²) in [5.74, 6) is 0.0564. The average molecular weight is 247 g/mol. The molecule has 0 aliphatic carbocycles. The van der Waals surface area contributed by atoms with Crippen molar-refractivity contribution in [3.8, 4) is 0 Å². The van der Waals surface area contributed by atoms with E-state index in [2.05, 4.69) is 10.3 Å². The topological polar surface area (TPSA) is 62.3 Å². The summed E-state index contributed by atoms with van der Waals surface area (Å²) in [4.78, 5) is 29.2. The predicted molar refractivity (Wildman–Crippen MR) is 68.7 cm³/mol. The van der Waals surface area contributed by atoms with Crippen LogP contribution in [0.25, 0.3) is 0 Å². The maximum atomic E-state index is 11.6. The lowest BCUT2D eigenvalue weighted by Gasteiger charge is -2.34. The van der Waals surface area contributed by atoms with Crippen molar-refractivity contribution in [1.29, 1.82) is 0 Å². The molecule has 1 saturated heterocycles. The molecule has 5 nitrogen and oxygen atoms in total. The Labute approximate surface area is 106 Å². The first-order chi connectivity index (χ1) is 8.63. The number of nitrogens with zero attached hydrogens (tertiary/aromatic N) is 2. The third-order valence-corrected chi connectivity index (χ3v) is 3.19. The zero-order chi connectivity index (χ0) is 13.1. The van der Waals surface area contributed by atoms with Gasteiger partial charge in [-0.05, 0) is 19.1 Å². The number of carbonyl (C=O) groups excluding carboxylic acids is 2. The molecule has 1 fully saturated rings. The van der Waals surface area contributed by atoms with E-state index in [1.165, 1.54) is 0 Å². The second-order valence-electron chi connectivity index (χ2n) is 4.34. The van der Waals surface area contributed by atoms with Gasteiger partial charge < -0.3 is 10.2 Å². The standard InChI is InChI=1S/C13H17N3O2/c1-3-12(17)11-5-4-10(8-15-11)16-7-6-14-13(18)9(16)2/h4-5,8-9H,3,6-7H2,1-2H3,(H,14,18). The number of nitrogens with one attached hydrogen (secondary N) is 1. The maximum Gasteiger partial charge on any atom is 0.242 e. The lowest BCUT2D eigenvalue weighted by Crippen LogP contribution is -2.54. The molecule has 1 aromatic rings. The first kappa shape index (κ1) is 12.5. The molecule has 0 radical (unpaired) electrons. The number of rotatable bonds is 3. The van der Waals surface area contributed by atoms with Gasteiger partial charge in [0, 0.05) is 19.5 Å². The fourth-order valence-electron chi connectivity index (χ4n) is 2.04. The van der Waals surface area contributed by atoms with E-state index in [9.17, 15) is 9.59 Å². The number of carbonyl (C=O) groups is 2. The van der Waals surface area contributed by atoms with E-state index in [4.69, 9.17) is 0 Å². The summed E-state index contributed by atoms with van der Waals surface area (Å²) in [7, 11) is 0. The summed E-state index contributed by atoms with van der Waals surface area (Å²) in [5.41, 5.74) is 1.36. The van der Waals surface area contributed by atoms with E-state index in [-0.39, 0.29) is 17.7 Å². The third kappa shape index (κ3) is 2.34. The Morgan fingerprint density at radius 3 is 2.94 bits per heavy atom. The maximum absolute atomic E-state index is 11.6. The Hall–Kier alpha value is -1.91. The quantitative estimate of drug-likeness (QED) is 0.809. The molecule has 1 amide bonds. The highest BCUT2D eigenvalue weighted by Gasteiger charge is 2.25. The largest absolute Gasteiger partial charge is 0.357 e. The molecule has 0 saturated carbocycles. The summed E-state index contributed by atoms with van der Waals surface area (Å²) in [5, 5.41) is 2.82. The van der Waals surface area contributed by atoms with E-state index < -0.39 is 0 Å². The first-order valence-electron chi connectivity index (χ1n) is 6.17. The summed E-state index contributed by atoms with van der Waals surface area (Å²) < 4.78 is 0. The Bertz CT molecular complexity index is 456. The zero-order valence-corrected chi connectivity index (χ0v) is 10.6. The van der Waals surface area contributed by atoms with Crippen LogP contribution in [0.5, 0.6) is 0 Å². The van der Waals surface area contributed by atoms with Gasteiger partial charge in [-0.1, -0.05) is 6.92 Å². The molecule has 2 heterocycles. The number of piperazine rings is 1. The van der Waals surface area contributed by atoms with Crippen LogP contribution in [0.3, 0.4) is 0 Å². The number of aromatic nitrogens is 1. The van der Waals surface area contributed by atoms with E-state index in [0.29, 0.717) is 18.7 Å². The highest BCUT2D eigenvalue weighted by Crippen LogP contribution is 2.18. The van der Waals surface area contributed by atoms with Gasteiger partial charge in [-0.15, -0.1) is 0 Å². The number of hydrogen-bond donors (Lipinski definition) is 1. The highest BCUT2D eigenvalue weighted by atomic mass is 16.2. The fraction of sp³-hybridized carbons (Fsp3) is 0.462. The summed E-state index contributed by atoms with van der Waals surface area (Å²) in [6.45, 7) is 5.07. The summed E-state index contributed by atoms with van der Waals surface area (Å²) in [6, 6.07) is 3.37. The van der Waals surface area contributed by atoms with Crippen molar-refractivity contribution in [2.24, 2.45) is 0 Å². The van der Waals surface area contributed by atoms with Gasteiger partial charge in [0.25, 0.3) is 0 Å². The fourth-order valence-corrected chi connectivity index (χ4v) is 2.04. The van der Waals surface area contributed by atoms with Crippen LogP contribution in [0.2, 0.25) is 0 Å². The second kappa shape index (κ2) is 5.16. The predicted octanol–water partition coefficient (Wildman–Crippen LogP) is 0.999. The van der Waals surface area contributed by atoms with Crippen molar-refractivity contribution in [1.82, 2.24) is 10.3 Å². The van der Waals surface area contributed by atoms with Crippen molar-refractivity contribution in [2.75, 3.05) is 18.0 Å². The Kier molecular flexibility index (Phi) is 3.60. The molecule has 0 spiro atoms. The Morgan fingerprint density at radius 2 is 2.33 bits per heavy atom. The normalized spacial score (nSPS) is 19.6. The lowest BCUT2D eigenvalue weighted by molar-refractivity contribution is -0.122. The molecule has 96 valence electrons. The minimum Gasteiger partial charge on any atom is -0.357 e. The van der Waals surface area contributed by atoms with Crippen LogP contribution in [-0.2, 0) is 4.79 Å². The average Bonchev–Trinajstić information content (AvgIpc) is 2.41. The molecule has 1 unspecified atom stereocenters. The van der Waals surface area contributed by atoms with Crippen LogP contribution in [0.4, 0.5) is 5.69 Å². The number of Topliss-reactive ketones (excluding diaryl/α,β-unsaturated/α-hetero) is 1. The molecule has 1 atom stereocenters. The third-order valence-electron chi connectivity index (χ3n) is 3.19. The number of pyridine rings is 1. The van der Waals surface area contributed by atoms with Crippen molar-refractivity contribution in [3.63, 3.8) is 0 Å². The number of amides is 1. The molecule has 5 heteroatoms. The van der Waals surface area contributed by atoms with Crippen LogP contribution < -0.4 is 10.2 Å². The van der Waals surface area contributed by atoms with Gasteiger partial charge in [0.15, 0.2) is 5.78 Å². The SMILES string of the molecule is CCC(=O)c1ccc(N2CCNC(=O)C2C)cn1. The van der Waals surface area contributed by atoms with E-state index >= 15 is 0 Å². The van der Waals surface area contributed by atoms with Gasteiger partial charge in [-0.25, -0.2) is 0 Å². The highest BCUT2D eigenvalue weighted by molar-refractivity contribution is 5.94. The molecule has 1 N–H and O–H groups in total. The first-order valence-corrected chi connectivity index (χ1v) is 6.17. The molecule has 0 bridgehead atoms. The van der Waals surface area contributed by atoms with Crippen molar-refractivity contribution < 1.29 is 9.59 Å². The van der Waals surface area contributed by atoms with Crippen molar-refractivity contribution in [3.05, 3.63) is 24.0 Å². The summed E-state index contributed by atoms with van der Waals surface area (Å²) >= 11 is 0. The van der Waals surface area contributed by atoms with Crippen LogP contribution in [0.1, 0.15) is 30.8 Å². The molecule has 0 aromatic carbocycles. The van der Waals surface area contributed by atoms with Crippen molar-refractivity contribution >= 4 is 17.4 Å². The minimum absolute atomic E-state index is 0.0231. The smallest absolute Gasteiger partial charge is 0.242 e. The van der Waals surface area contributed by atoms with Crippen LogP contribution in [0.15, 0.2) is 18.3 Å². The Balaban J connectivity index is 2.18. The molecule has 1 aromatic heterocycles. The van der Waals surface area contributed by atoms with Gasteiger partial charge in [0.2, 0.25) is 5.91 Å². The van der Waals surface area contributed by atoms with Crippen molar-refractivity contribution in [2.45, 2.75) is 26.3 Å². The van der Waals surface area contributed by atoms with Gasteiger partial charge in [0.1, 0.15) is 11.7 Å². The second-order valence-corrected chi connectivity index (χ2v) is 4.34.